The summed E-state index contributed by atoms with van der Waals surface area (Å²) in [6, 6.07) is 28.9. The fraction of sp³-hybridized carbons (Fsp3) is 0.0800. The maximum Gasteiger partial charge on any atom is 0.246 e. The molecule has 6 heteroatoms. The largest absolute Gasteiger partial charge is 0.497 e. The number of aromatic nitrogens is 2. The number of rotatable bonds is 7. The van der Waals surface area contributed by atoms with E-state index in [0.29, 0.717) is 0 Å². The minimum absolute atomic E-state index is 0.0892. The van der Waals surface area contributed by atoms with Gasteiger partial charge in [0.2, 0.25) is 11.9 Å². The van der Waals surface area contributed by atoms with Crippen LogP contribution in [-0.4, -0.2) is 29.5 Å². The second-order valence-electron chi connectivity index (χ2n) is 6.82. The van der Waals surface area contributed by atoms with Crippen molar-refractivity contribution >= 4 is 17.5 Å². The van der Waals surface area contributed by atoms with Gasteiger partial charge < -0.3 is 10.1 Å². The Morgan fingerprint density at radius 2 is 1.35 bits per heavy atom. The van der Waals surface area contributed by atoms with Crippen molar-refractivity contribution < 1.29 is 9.53 Å². The van der Waals surface area contributed by atoms with Gasteiger partial charge in [-0.05, 0) is 30.3 Å². The van der Waals surface area contributed by atoms with Gasteiger partial charge in [0.1, 0.15) is 5.75 Å². The zero-order chi connectivity index (χ0) is 21.5. The van der Waals surface area contributed by atoms with Gasteiger partial charge in [-0.25, -0.2) is 9.97 Å². The first kappa shape index (κ1) is 20.1. The Kier molecular flexibility index (Phi) is 6.18. The van der Waals surface area contributed by atoms with Gasteiger partial charge in [0, 0.05) is 16.8 Å². The number of carbonyl (C=O) groups excluding carboxylic acids is 1. The highest BCUT2D eigenvalue weighted by Crippen LogP contribution is 2.25. The average Bonchev–Trinajstić information content (AvgIpc) is 2.84. The zero-order valence-corrected chi connectivity index (χ0v) is 17.1. The van der Waals surface area contributed by atoms with E-state index in [9.17, 15) is 4.79 Å². The third-order valence-electron chi connectivity index (χ3n) is 4.66. The van der Waals surface area contributed by atoms with Gasteiger partial charge >= 0.3 is 0 Å². The van der Waals surface area contributed by atoms with E-state index in [0.717, 1.165) is 34.0 Å². The fourth-order valence-corrected chi connectivity index (χ4v) is 3.08. The third kappa shape index (κ3) is 5.25. The number of hydrogen-bond donors (Lipinski definition) is 2. The number of hydrogen-bond acceptors (Lipinski definition) is 5. The van der Waals surface area contributed by atoms with Gasteiger partial charge in [0.05, 0.1) is 25.0 Å². The minimum Gasteiger partial charge on any atom is -0.497 e. The molecule has 0 radical (unpaired) electrons. The Morgan fingerprint density at radius 1 is 0.806 bits per heavy atom. The molecule has 0 aliphatic carbocycles. The molecule has 0 saturated carbocycles. The summed E-state index contributed by atoms with van der Waals surface area (Å²) in [5.41, 5.74) is 4.21. The highest BCUT2D eigenvalue weighted by molar-refractivity contribution is 5.92. The molecule has 1 heterocycles. The SMILES string of the molecule is COc1ccc(NCC(=O)Nc2nc(-c3ccccc3)cc(-c3ccccc3)n2)cc1. The third-order valence-corrected chi connectivity index (χ3v) is 4.66. The summed E-state index contributed by atoms with van der Waals surface area (Å²) in [6.45, 7) is 0.0892. The van der Waals surface area contributed by atoms with E-state index in [4.69, 9.17) is 4.74 Å². The number of anilines is 2. The number of nitrogens with zero attached hydrogens (tertiary/aromatic N) is 2. The Labute approximate surface area is 181 Å². The molecule has 0 spiro atoms. The number of ether oxygens (including phenoxy) is 1. The summed E-state index contributed by atoms with van der Waals surface area (Å²) >= 11 is 0. The van der Waals surface area contributed by atoms with Gasteiger partial charge in [-0.3, -0.25) is 10.1 Å². The number of amides is 1. The molecule has 0 aliphatic heterocycles. The average molecular weight is 410 g/mol. The molecule has 1 amide bonds. The summed E-state index contributed by atoms with van der Waals surface area (Å²) in [5, 5.41) is 5.89. The molecule has 0 saturated heterocycles. The van der Waals surface area contributed by atoms with Crippen LogP contribution in [0.1, 0.15) is 0 Å². The zero-order valence-electron chi connectivity index (χ0n) is 17.1. The van der Waals surface area contributed by atoms with Gasteiger partial charge in [-0.1, -0.05) is 60.7 Å². The van der Waals surface area contributed by atoms with Gasteiger partial charge in [0.15, 0.2) is 0 Å². The Hall–Kier alpha value is -4.19. The van der Waals surface area contributed by atoms with E-state index in [2.05, 4.69) is 20.6 Å². The topological polar surface area (TPSA) is 76.1 Å². The molecule has 4 aromatic rings. The molecule has 0 fully saturated rings. The van der Waals surface area contributed by atoms with Gasteiger partial charge in [-0.15, -0.1) is 0 Å². The quantitative estimate of drug-likeness (QED) is 0.455. The molecule has 31 heavy (non-hydrogen) atoms. The maximum absolute atomic E-state index is 12.5. The van der Waals surface area contributed by atoms with Crippen molar-refractivity contribution in [2.45, 2.75) is 0 Å². The molecule has 0 aliphatic rings. The summed E-state index contributed by atoms with van der Waals surface area (Å²) in [5.74, 6) is 0.788. The Balaban J connectivity index is 1.54. The molecule has 0 unspecified atom stereocenters. The lowest BCUT2D eigenvalue weighted by atomic mass is 10.1. The Morgan fingerprint density at radius 3 is 1.87 bits per heavy atom. The minimum atomic E-state index is -0.236. The van der Waals surface area contributed by atoms with Gasteiger partial charge in [-0.2, -0.15) is 0 Å². The molecular formula is C25H22N4O2. The van der Waals surface area contributed by atoms with Gasteiger partial charge in [0.25, 0.3) is 0 Å². The number of carbonyl (C=O) groups is 1. The van der Waals surface area contributed by atoms with Crippen molar-refractivity contribution in [2.24, 2.45) is 0 Å². The first-order valence-corrected chi connectivity index (χ1v) is 9.89. The van der Waals surface area contributed by atoms with Crippen molar-refractivity contribution in [3.8, 4) is 28.3 Å². The van der Waals surface area contributed by atoms with Crippen LogP contribution in [0.4, 0.5) is 11.6 Å². The van der Waals surface area contributed by atoms with Crippen molar-refractivity contribution in [3.05, 3.63) is 91.0 Å². The molecule has 2 N–H and O–H groups in total. The van der Waals surface area contributed by atoms with Crippen LogP contribution < -0.4 is 15.4 Å². The van der Waals surface area contributed by atoms with Crippen molar-refractivity contribution in [1.82, 2.24) is 9.97 Å². The van der Waals surface area contributed by atoms with Crippen LogP contribution in [0.2, 0.25) is 0 Å². The molecule has 4 rings (SSSR count). The van der Waals surface area contributed by atoms with Crippen LogP contribution >= 0.6 is 0 Å². The Bertz CT molecular complexity index is 1090. The molecular weight excluding hydrogens is 388 g/mol. The van der Waals surface area contributed by atoms with Crippen LogP contribution in [0.15, 0.2) is 91.0 Å². The van der Waals surface area contributed by atoms with E-state index in [-0.39, 0.29) is 18.4 Å². The highest BCUT2D eigenvalue weighted by Gasteiger charge is 2.11. The fourth-order valence-electron chi connectivity index (χ4n) is 3.08. The standard InChI is InChI=1S/C25H22N4O2/c1-31-21-14-12-20(13-15-21)26-17-24(30)29-25-27-22(18-8-4-2-5-9-18)16-23(28-25)19-10-6-3-7-11-19/h2-16,26H,17H2,1H3,(H,27,28,29,30). The maximum atomic E-state index is 12.5. The summed E-state index contributed by atoms with van der Waals surface area (Å²) in [4.78, 5) is 21.6. The monoisotopic (exact) mass is 410 g/mol. The lowest BCUT2D eigenvalue weighted by Crippen LogP contribution is -2.23. The van der Waals surface area contributed by atoms with Crippen molar-refractivity contribution in [3.63, 3.8) is 0 Å². The second-order valence-corrected chi connectivity index (χ2v) is 6.82. The number of nitrogens with one attached hydrogen (secondary N) is 2. The number of benzene rings is 3. The molecule has 6 nitrogen and oxygen atoms in total. The van der Waals surface area contributed by atoms with Crippen LogP contribution in [0.3, 0.4) is 0 Å². The van der Waals surface area contributed by atoms with Crippen LogP contribution in [0.25, 0.3) is 22.5 Å². The van der Waals surface area contributed by atoms with Crippen molar-refractivity contribution in [1.29, 1.82) is 0 Å². The first-order valence-electron chi connectivity index (χ1n) is 9.89. The molecule has 3 aromatic carbocycles. The predicted molar refractivity (Wildman–Crippen MR) is 123 cm³/mol. The lowest BCUT2D eigenvalue weighted by Gasteiger charge is -2.11. The normalized spacial score (nSPS) is 10.4. The van der Waals surface area contributed by atoms with Crippen molar-refractivity contribution in [2.75, 3.05) is 24.3 Å². The van der Waals surface area contributed by atoms with E-state index in [1.807, 2.05) is 91.0 Å². The lowest BCUT2D eigenvalue weighted by molar-refractivity contribution is -0.114. The van der Waals surface area contributed by atoms with E-state index >= 15 is 0 Å². The molecule has 154 valence electrons. The molecule has 0 bridgehead atoms. The summed E-state index contributed by atoms with van der Waals surface area (Å²) < 4.78 is 5.15. The highest BCUT2D eigenvalue weighted by atomic mass is 16.5. The second kappa shape index (κ2) is 9.54. The molecule has 0 atom stereocenters. The van der Waals surface area contributed by atoms with E-state index < -0.39 is 0 Å². The molecule has 1 aromatic heterocycles. The first-order chi connectivity index (χ1) is 15.2. The van der Waals surface area contributed by atoms with Crippen LogP contribution in [-0.2, 0) is 4.79 Å². The van der Waals surface area contributed by atoms with E-state index in [1.54, 1.807) is 7.11 Å². The summed E-state index contributed by atoms with van der Waals surface area (Å²) in [7, 11) is 1.61. The summed E-state index contributed by atoms with van der Waals surface area (Å²) in [6.07, 6.45) is 0. The predicted octanol–water partition coefficient (Wildman–Crippen LogP) is 4.87. The van der Waals surface area contributed by atoms with Crippen LogP contribution in [0, 0.1) is 0 Å². The van der Waals surface area contributed by atoms with Crippen LogP contribution in [0.5, 0.6) is 5.75 Å². The number of methoxy groups -OCH3 is 1. The van der Waals surface area contributed by atoms with E-state index in [1.165, 1.54) is 0 Å². The smallest absolute Gasteiger partial charge is 0.246 e.